The highest BCUT2D eigenvalue weighted by Gasteiger charge is 2.11. The third kappa shape index (κ3) is 4.47. The van der Waals surface area contributed by atoms with Crippen molar-refractivity contribution in [1.29, 1.82) is 0 Å². The Morgan fingerprint density at radius 3 is 2.71 bits per heavy atom. The van der Waals surface area contributed by atoms with Crippen molar-refractivity contribution in [3.63, 3.8) is 0 Å². The highest BCUT2D eigenvalue weighted by atomic mass is 79.9. The van der Waals surface area contributed by atoms with Crippen LogP contribution in [-0.4, -0.2) is 4.98 Å². The Balaban J connectivity index is 1.66. The first-order valence-electron chi connectivity index (χ1n) is 7.11. The predicted molar refractivity (Wildman–Crippen MR) is 99.3 cm³/mol. The zero-order chi connectivity index (χ0) is 16.9. The standard InChI is InChI=1S/C17H13BrClFN2OS/c18-14-6-12(21-8-13-9-22-17(19)24-13)7-15(20)16(14)23-10-11-4-2-1-3-5-11/h1-7,9,21H,8,10H2. The van der Waals surface area contributed by atoms with E-state index in [1.165, 1.54) is 17.4 Å². The van der Waals surface area contributed by atoms with Crippen molar-refractivity contribution in [2.45, 2.75) is 13.2 Å². The second-order valence-corrected chi connectivity index (χ2v) is 7.53. The number of halogens is 3. The third-order valence-corrected chi connectivity index (χ3v) is 4.92. The van der Waals surface area contributed by atoms with Gasteiger partial charge in [-0.05, 0) is 27.6 Å². The maximum absolute atomic E-state index is 14.3. The number of nitrogens with zero attached hydrogens (tertiary/aromatic N) is 1. The van der Waals surface area contributed by atoms with Crippen LogP contribution < -0.4 is 10.1 Å². The number of ether oxygens (including phenoxy) is 1. The van der Waals surface area contributed by atoms with Gasteiger partial charge >= 0.3 is 0 Å². The van der Waals surface area contributed by atoms with Crippen LogP contribution in [0.1, 0.15) is 10.4 Å². The molecular formula is C17H13BrClFN2OS. The van der Waals surface area contributed by atoms with Crippen LogP contribution in [0.15, 0.2) is 53.1 Å². The molecule has 3 aromatic rings. The summed E-state index contributed by atoms with van der Waals surface area (Å²) in [5.74, 6) is -0.226. The van der Waals surface area contributed by atoms with Crippen molar-refractivity contribution in [2.24, 2.45) is 0 Å². The Kier molecular flexibility index (Phi) is 5.71. The summed E-state index contributed by atoms with van der Waals surface area (Å²) in [7, 11) is 0. The van der Waals surface area contributed by atoms with Gasteiger partial charge in [0.25, 0.3) is 0 Å². The fourth-order valence-corrected chi connectivity index (χ4v) is 3.55. The molecule has 0 atom stereocenters. The van der Waals surface area contributed by atoms with Gasteiger partial charge in [0.1, 0.15) is 6.61 Å². The van der Waals surface area contributed by atoms with Gasteiger partial charge < -0.3 is 10.1 Å². The molecule has 0 bridgehead atoms. The van der Waals surface area contributed by atoms with Gasteiger partial charge in [0.05, 0.1) is 11.0 Å². The fraction of sp³-hybridized carbons (Fsp3) is 0.118. The van der Waals surface area contributed by atoms with E-state index in [4.69, 9.17) is 16.3 Å². The lowest BCUT2D eigenvalue weighted by molar-refractivity contribution is 0.288. The number of hydrogen-bond donors (Lipinski definition) is 1. The topological polar surface area (TPSA) is 34.2 Å². The number of benzene rings is 2. The average Bonchev–Trinajstić information content (AvgIpc) is 2.99. The molecule has 1 aromatic heterocycles. The number of nitrogens with one attached hydrogen (secondary N) is 1. The minimum Gasteiger partial charge on any atom is -0.485 e. The second-order valence-electron chi connectivity index (χ2n) is 4.98. The first kappa shape index (κ1) is 17.2. The largest absolute Gasteiger partial charge is 0.485 e. The van der Waals surface area contributed by atoms with Gasteiger partial charge in [0.15, 0.2) is 16.0 Å². The van der Waals surface area contributed by atoms with Crippen LogP contribution in [0.2, 0.25) is 4.47 Å². The number of aromatic nitrogens is 1. The molecule has 1 N–H and O–H groups in total. The predicted octanol–water partition coefficient (Wildman–Crippen LogP) is 5.89. The van der Waals surface area contributed by atoms with Crippen LogP contribution in [0.3, 0.4) is 0 Å². The lowest BCUT2D eigenvalue weighted by atomic mass is 10.2. The third-order valence-electron chi connectivity index (χ3n) is 3.22. The minimum atomic E-state index is -0.426. The molecule has 3 rings (SSSR count). The molecule has 0 unspecified atom stereocenters. The van der Waals surface area contributed by atoms with E-state index in [0.717, 1.165) is 10.4 Å². The van der Waals surface area contributed by atoms with Crippen molar-refractivity contribution in [3.8, 4) is 5.75 Å². The molecule has 7 heteroatoms. The maximum atomic E-state index is 14.3. The summed E-state index contributed by atoms with van der Waals surface area (Å²) in [4.78, 5) is 4.94. The van der Waals surface area contributed by atoms with E-state index in [9.17, 15) is 4.39 Å². The Bertz CT molecular complexity index is 805. The number of rotatable bonds is 6. The zero-order valence-electron chi connectivity index (χ0n) is 12.4. The summed E-state index contributed by atoms with van der Waals surface area (Å²) in [6.07, 6.45) is 1.70. The van der Waals surface area contributed by atoms with Crippen molar-refractivity contribution in [3.05, 3.63) is 73.9 Å². The molecular weight excluding hydrogens is 415 g/mol. The van der Waals surface area contributed by atoms with Crippen molar-refractivity contribution < 1.29 is 9.13 Å². The lowest BCUT2D eigenvalue weighted by Gasteiger charge is -2.12. The van der Waals surface area contributed by atoms with Crippen LogP contribution in [-0.2, 0) is 13.2 Å². The fourth-order valence-electron chi connectivity index (χ4n) is 2.08. The molecule has 0 radical (unpaired) electrons. The van der Waals surface area contributed by atoms with Gasteiger partial charge in [0, 0.05) is 22.8 Å². The Hall–Kier alpha value is -1.63. The van der Waals surface area contributed by atoms with Crippen molar-refractivity contribution in [1.82, 2.24) is 4.98 Å². The first-order chi connectivity index (χ1) is 11.6. The lowest BCUT2D eigenvalue weighted by Crippen LogP contribution is -2.01. The van der Waals surface area contributed by atoms with Crippen LogP contribution >= 0.6 is 38.9 Å². The molecule has 2 aromatic carbocycles. The Morgan fingerprint density at radius 2 is 2.04 bits per heavy atom. The smallest absolute Gasteiger partial charge is 0.183 e. The first-order valence-corrected chi connectivity index (χ1v) is 9.10. The quantitative estimate of drug-likeness (QED) is 0.532. The molecule has 0 spiro atoms. The minimum absolute atomic E-state index is 0.199. The van der Waals surface area contributed by atoms with E-state index in [-0.39, 0.29) is 5.75 Å². The zero-order valence-corrected chi connectivity index (χ0v) is 15.6. The number of anilines is 1. The molecule has 0 aliphatic heterocycles. The number of thiazole rings is 1. The highest BCUT2D eigenvalue weighted by molar-refractivity contribution is 9.10. The Labute approximate surface area is 156 Å². The molecule has 24 heavy (non-hydrogen) atoms. The van der Waals surface area contributed by atoms with E-state index < -0.39 is 5.82 Å². The van der Waals surface area contributed by atoms with Gasteiger partial charge in [-0.25, -0.2) is 9.37 Å². The molecule has 0 saturated carbocycles. The average molecular weight is 428 g/mol. The summed E-state index contributed by atoms with van der Waals surface area (Å²) >= 11 is 10.5. The summed E-state index contributed by atoms with van der Waals surface area (Å²) in [6.45, 7) is 0.836. The molecule has 0 amide bonds. The summed E-state index contributed by atoms with van der Waals surface area (Å²) in [6, 6.07) is 12.8. The second kappa shape index (κ2) is 7.96. The van der Waals surface area contributed by atoms with Gasteiger partial charge in [-0.1, -0.05) is 41.9 Å². The van der Waals surface area contributed by atoms with Gasteiger partial charge in [0.2, 0.25) is 0 Å². The summed E-state index contributed by atoms with van der Waals surface area (Å²) < 4.78 is 21.0. The van der Waals surface area contributed by atoms with Gasteiger partial charge in [-0.2, -0.15) is 0 Å². The molecule has 0 fully saturated rings. The van der Waals surface area contributed by atoms with Gasteiger partial charge in [-0.15, -0.1) is 11.3 Å². The molecule has 3 nitrogen and oxygen atoms in total. The van der Waals surface area contributed by atoms with Gasteiger partial charge in [-0.3, -0.25) is 0 Å². The molecule has 124 valence electrons. The maximum Gasteiger partial charge on any atom is 0.183 e. The summed E-state index contributed by atoms with van der Waals surface area (Å²) in [5, 5.41) is 3.14. The molecule has 1 heterocycles. The van der Waals surface area contributed by atoms with Crippen LogP contribution in [0.5, 0.6) is 5.75 Å². The van der Waals surface area contributed by atoms with Crippen LogP contribution in [0.4, 0.5) is 10.1 Å². The van der Waals surface area contributed by atoms with E-state index in [2.05, 4.69) is 26.2 Å². The summed E-state index contributed by atoms with van der Waals surface area (Å²) in [5.41, 5.74) is 1.63. The van der Waals surface area contributed by atoms with E-state index >= 15 is 0 Å². The molecule has 0 aliphatic carbocycles. The van der Waals surface area contributed by atoms with Crippen molar-refractivity contribution >= 4 is 44.6 Å². The monoisotopic (exact) mass is 426 g/mol. The molecule has 0 aliphatic rings. The highest BCUT2D eigenvalue weighted by Crippen LogP contribution is 2.32. The van der Waals surface area contributed by atoms with E-state index in [0.29, 0.717) is 27.8 Å². The van der Waals surface area contributed by atoms with Crippen molar-refractivity contribution in [2.75, 3.05) is 5.32 Å². The molecule has 0 saturated heterocycles. The normalized spacial score (nSPS) is 10.6. The van der Waals surface area contributed by atoms with Crippen LogP contribution in [0.25, 0.3) is 0 Å². The Morgan fingerprint density at radius 1 is 1.25 bits per heavy atom. The van der Waals surface area contributed by atoms with E-state index in [1.54, 1.807) is 12.3 Å². The van der Waals surface area contributed by atoms with E-state index in [1.807, 2.05) is 30.3 Å². The number of hydrogen-bond acceptors (Lipinski definition) is 4. The SMILES string of the molecule is Fc1cc(NCc2cnc(Cl)s2)cc(Br)c1OCc1ccccc1. The van der Waals surface area contributed by atoms with Crippen LogP contribution in [0, 0.1) is 5.82 Å².